The minimum Gasteiger partial charge on any atom is -0.370 e. The Bertz CT molecular complexity index is 375. The van der Waals surface area contributed by atoms with Crippen LogP contribution in [0.1, 0.15) is 24.5 Å². The van der Waals surface area contributed by atoms with E-state index in [4.69, 9.17) is 10.5 Å². The third-order valence-corrected chi connectivity index (χ3v) is 3.47. The lowest BCUT2D eigenvalue weighted by Gasteiger charge is -2.34. The average Bonchev–Trinajstić information content (AvgIpc) is 2.94. The lowest BCUT2D eigenvalue weighted by atomic mass is 9.94. The van der Waals surface area contributed by atoms with Crippen LogP contribution >= 0.6 is 0 Å². The van der Waals surface area contributed by atoms with Crippen LogP contribution < -0.4 is 5.73 Å². The zero-order chi connectivity index (χ0) is 13.0. The molecule has 6 nitrogen and oxygen atoms in total. The van der Waals surface area contributed by atoms with Gasteiger partial charge in [0.2, 0.25) is 0 Å². The monoisotopic (exact) mass is 252 g/mol. The van der Waals surface area contributed by atoms with Crippen LogP contribution in [0.15, 0.2) is 12.3 Å². The molecule has 0 aliphatic carbocycles. The summed E-state index contributed by atoms with van der Waals surface area (Å²) in [5, 5.41) is 6.94. The highest BCUT2D eigenvalue weighted by Crippen LogP contribution is 2.25. The molecule has 3 N–H and O–H groups in total. The minimum absolute atomic E-state index is 0.00999. The Morgan fingerprint density at radius 1 is 1.78 bits per heavy atom. The van der Waals surface area contributed by atoms with Crippen LogP contribution in [0.25, 0.3) is 0 Å². The number of hydrogen-bond donors (Lipinski definition) is 2. The Balaban J connectivity index is 2.00. The van der Waals surface area contributed by atoms with Crippen molar-refractivity contribution in [2.75, 3.05) is 26.7 Å². The molecule has 0 bridgehead atoms. The van der Waals surface area contributed by atoms with Crippen LogP contribution in [0.2, 0.25) is 0 Å². The van der Waals surface area contributed by atoms with Crippen LogP contribution in [0.3, 0.4) is 0 Å². The molecule has 2 atom stereocenters. The molecule has 2 unspecified atom stereocenters. The number of carbonyl (C=O) groups is 1. The number of nitrogens with one attached hydrogen (secondary N) is 1. The third-order valence-electron chi connectivity index (χ3n) is 3.47. The van der Waals surface area contributed by atoms with Gasteiger partial charge in [0.1, 0.15) is 6.10 Å². The Morgan fingerprint density at radius 2 is 2.61 bits per heavy atom. The second kappa shape index (κ2) is 5.97. The number of nitrogens with two attached hydrogens (primary N) is 1. The molecule has 6 heteroatoms. The van der Waals surface area contributed by atoms with E-state index in [-0.39, 0.29) is 12.5 Å². The molecule has 100 valence electrons. The first-order valence-electron chi connectivity index (χ1n) is 6.27. The summed E-state index contributed by atoms with van der Waals surface area (Å²) in [5.74, 6) is 0.324. The van der Waals surface area contributed by atoms with Gasteiger partial charge in [-0.3, -0.25) is 9.89 Å². The van der Waals surface area contributed by atoms with Crippen LogP contribution in [-0.2, 0) is 9.53 Å². The molecule has 18 heavy (non-hydrogen) atoms. The lowest BCUT2D eigenvalue weighted by Crippen LogP contribution is -2.47. The predicted octanol–water partition coefficient (Wildman–Crippen LogP) is 0.0894. The van der Waals surface area contributed by atoms with Crippen molar-refractivity contribution in [1.82, 2.24) is 15.1 Å². The predicted molar refractivity (Wildman–Crippen MR) is 67.0 cm³/mol. The fraction of sp³-hybridized carbons (Fsp3) is 0.667. The SMILES string of the molecule is COC(CN)C(=O)N1CCCC(c2ccn[nH]2)C1. The molecule has 1 aliphatic rings. The number of aromatic nitrogens is 2. The molecule has 2 rings (SSSR count). The maximum absolute atomic E-state index is 12.2. The van der Waals surface area contributed by atoms with E-state index in [2.05, 4.69) is 10.2 Å². The van der Waals surface area contributed by atoms with Crippen LogP contribution in [0.5, 0.6) is 0 Å². The molecule has 0 spiro atoms. The summed E-state index contributed by atoms with van der Waals surface area (Å²) in [6.45, 7) is 1.71. The number of ether oxygens (including phenoxy) is 1. The van der Waals surface area contributed by atoms with Gasteiger partial charge in [0, 0.05) is 44.6 Å². The number of rotatable bonds is 4. The quantitative estimate of drug-likeness (QED) is 0.795. The number of nitrogens with zero attached hydrogens (tertiary/aromatic N) is 2. The highest BCUT2D eigenvalue weighted by atomic mass is 16.5. The second-order valence-electron chi connectivity index (χ2n) is 4.60. The number of hydrogen-bond acceptors (Lipinski definition) is 4. The van der Waals surface area contributed by atoms with Crippen molar-refractivity contribution in [3.05, 3.63) is 18.0 Å². The summed E-state index contributed by atoms with van der Waals surface area (Å²) >= 11 is 0. The average molecular weight is 252 g/mol. The van der Waals surface area contributed by atoms with Crippen molar-refractivity contribution in [2.24, 2.45) is 5.73 Å². The van der Waals surface area contributed by atoms with Gasteiger partial charge in [0.25, 0.3) is 5.91 Å². The zero-order valence-electron chi connectivity index (χ0n) is 10.6. The number of amides is 1. The number of H-pyrrole nitrogens is 1. The van der Waals surface area contributed by atoms with Gasteiger partial charge in [-0.05, 0) is 18.9 Å². The first-order valence-corrected chi connectivity index (χ1v) is 6.27. The Hall–Kier alpha value is -1.40. The van der Waals surface area contributed by atoms with E-state index in [0.29, 0.717) is 12.5 Å². The van der Waals surface area contributed by atoms with Crippen LogP contribution in [0.4, 0.5) is 0 Å². The van der Waals surface area contributed by atoms with E-state index in [1.54, 1.807) is 6.20 Å². The molecule has 0 radical (unpaired) electrons. The number of piperidine rings is 1. The molecule has 2 heterocycles. The van der Waals surface area contributed by atoms with Gasteiger partial charge in [-0.15, -0.1) is 0 Å². The van der Waals surface area contributed by atoms with Gasteiger partial charge < -0.3 is 15.4 Å². The van der Waals surface area contributed by atoms with Crippen molar-refractivity contribution >= 4 is 5.91 Å². The molecule has 0 saturated carbocycles. The summed E-state index contributed by atoms with van der Waals surface area (Å²) in [7, 11) is 1.52. The van der Waals surface area contributed by atoms with Gasteiger partial charge in [-0.1, -0.05) is 0 Å². The number of aromatic amines is 1. The Labute approximate surface area is 106 Å². The van der Waals surface area contributed by atoms with E-state index in [1.165, 1.54) is 7.11 Å². The molecular weight excluding hydrogens is 232 g/mol. The molecule has 1 amide bonds. The normalized spacial score (nSPS) is 21.9. The molecule has 1 fully saturated rings. The fourth-order valence-electron chi connectivity index (χ4n) is 2.43. The standard InChI is InChI=1S/C12H20N4O2/c1-18-11(7-13)12(17)16-6-2-3-9(8-16)10-4-5-14-15-10/h4-5,9,11H,2-3,6-8,13H2,1H3,(H,14,15). The van der Waals surface area contributed by atoms with Crippen molar-refractivity contribution in [2.45, 2.75) is 24.9 Å². The molecular formula is C12H20N4O2. The van der Waals surface area contributed by atoms with Crippen LogP contribution in [0, 0.1) is 0 Å². The van der Waals surface area contributed by atoms with E-state index >= 15 is 0 Å². The molecule has 1 saturated heterocycles. The van der Waals surface area contributed by atoms with E-state index in [9.17, 15) is 4.79 Å². The van der Waals surface area contributed by atoms with Crippen molar-refractivity contribution in [1.29, 1.82) is 0 Å². The number of likely N-dealkylation sites (tertiary alicyclic amines) is 1. The van der Waals surface area contributed by atoms with E-state index in [1.807, 2.05) is 11.0 Å². The van der Waals surface area contributed by atoms with E-state index < -0.39 is 6.10 Å². The second-order valence-corrected chi connectivity index (χ2v) is 4.60. The van der Waals surface area contributed by atoms with Gasteiger partial charge in [-0.2, -0.15) is 5.10 Å². The highest BCUT2D eigenvalue weighted by molar-refractivity contribution is 5.81. The topological polar surface area (TPSA) is 84.2 Å². The van der Waals surface area contributed by atoms with E-state index in [0.717, 1.165) is 25.1 Å². The van der Waals surface area contributed by atoms with Crippen molar-refractivity contribution in [3.8, 4) is 0 Å². The summed E-state index contributed by atoms with van der Waals surface area (Å²) < 4.78 is 5.10. The lowest BCUT2D eigenvalue weighted by molar-refractivity contribution is -0.142. The summed E-state index contributed by atoms with van der Waals surface area (Å²) in [5.41, 5.74) is 6.62. The fourth-order valence-corrected chi connectivity index (χ4v) is 2.43. The Kier molecular flexibility index (Phi) is 4.33. The van der Waals surface area contributed by atoms with Gasteiger partial charge >= 0.3 is 0 Å². The van der Waals surface area contributed by atoms with Crippen LogP contribution in [-0.4, -0.2) is 53.9 Å². The van der Waals surface area contributed by atoms with Gasteiger partial charge in [-0.25, -0.2) is 0 Å². The third kappa shape index (κ3) is 2.70. The summed E-state index contributed by atoms with van der Waals surface area (Å²) in [6, 6.07) is 1.97. The Morgan fingerprint density at radius 3 is 3.22 bits per heavy atom. The maximum Gasteiger partial charge on any atom is 0.253 e. The largest absolute Gasteiger partial charge is 0.370 e. The smallest absolute Gasteiger partial charge is 0.253 e. The first-order chi connectivity index (χ1) is 8.76. The minimum atomic E-state index is -0.523. The summed E-state index contributed by atoms with van der Waals surface area (Å²) in [6.07, 6.45) is 3.29. The van der Waals surface area contributed by atoms with Gasteiger partial charge in [0.05, 0.1) is 0 Å². The molecule has 1 aromatic heterocycles. The number of carbonyl (C=O) groups excluding carboxylic acids is 1. The van der Waals surface area contributed by atoms with Crippen molar-refractivity contribution in [3.63, 3.8) is 0 Å². The first kappa shape index (κ1) is 13.0. The van der Waals surface area contributed by atoms with Crippen molar-refractivity contribution < 1.29 is 9.53 Å². The molecule has 1 aromatic rings. The summed E-state index contributed by atoms with van der Waals surface area (Å²) in [4.78, 5) is 14.0. The molecule has 1 aliphatic heterocycles. The highest BCUT2D eigenvalue weighted by Gasteiger charge is 2.29. The van der Waals surface area contributed by atoms with Gasteiger partial charge in [0.15, 0.2) is 0 Å². The number of methoxy groups -OCH3 is 1. The zero-order valence-corrected chi connectivity index (χ0v) is 10.6. The molecule has 0 aromatic carbocycles. The maximum atomic E-state index is 12.2.